The minimum atomic E-state index is -0.629. The SMILES string of the molecule is CCOC(=O)c1ccc(N2C(=O)C3C4C=CC(C4)C3(C)C2=O)cc1. The first-order valence-corrected chi connectivity index (χ1v) is 8.32. The Bertz CT molecular complexity index is 766. The first kappa shape index (κ1) is 15.1. The maximum Gasteiger partial charge on any atom is 0.338 e. The molecular formula is C19H19NO4. The second-order valence-electron chi connectivity index (χ2n) is 6.90. The topological polar surface area (TPSA) is 63.7 Å². The number of rotatable bonds is 3. The lowest BCUT2D eigenvalue weighted by molar-refractivity contribution is -0.127. The number of benzene rings is 1. The zero-order valence-electron chi connectivity index (χ0n) is 13.7. The lowest BCUT2D eigenvalue weighted by Crippen LogP contribution is -2.37. The number of carbonyl (C=O) groups is 3. The second kappa shape index (κ2) is 5.03. The molecule has 0 aromatic heterocycles. The van der Waals surface area contributed by atoms with Crippen LogP contribution in [-0.4, -0.2) is 24.4 Å². The van der Waals surface area contributed by atoms with Crippen molar-refractivity contribution in [3.8, 4) is 0 Å². The molecule has 1 saturated carbocycles. The van der Waals surface area contributed by atoms with Crippen LogP contribution in [0.25, 0.3) is 0 Å². The summed E-state index contributed by atoms with van der Waals surface area (Å²) in [7, 11) is 0. The van der Waals surface area contributed by atoms with Gasteiger partial charge in [0.2, 0.25) is 11.8 Å². The van der Waals surface area contributed by atoms with Gasteiger partial charge in [-0.3, -0.25) is 9.59 Å². The molecule has 0 radical (unpaired) electrons. The van der Waals surface area contributed by atoms with Gasteiger partial charge in [-0.2, -0.15) is 0 Å². The molecule has 1 aromatic carbocycles. The molecule has 5 heteroatoms. The summed E-state index contributed by atoms with van der Waals surface area (Å²) in [5, 5.41) is 0. The Hall–Kier alpha value is -2.43. The van der Waals surface area contributed by atoms with E-state index in [0.29, 0.717) is 17.9 Å². The first-order valence-electron chi connectivity index (χ1n) is 8.32. The van der Waals surface area contributed by atoms with Crippen LogP contribution >= 0.6 is 0 Å². The number of fused-ring (bicyclic) bond motifs is 5. The van der Waals surface area contributed by atoms with Gasteiger partial charge in [0.05, 0.1) is 29.2 Å². The summed E-state index contributed by atoms with van der Waals surface area (Å²) in [4.78, 5) is 38.9. The van der Waals surface area contributed by atoms with Crippen molar-refractivity contribution in [2.45, 2.75) is 20.3 Å². The standard InChI is InChI=1S/C19H19NO4/c1-3-24-17(22)11-5-8-14(9-6-11)20-16(21)15-12-4-7-13(10-12)19(15,2)18(20)23/h4-9,12-13,15H,3,10H2,1-2H3. The Morgan fingerprint density at radius 3 is 2.58 bits per heavy atom. The summed E-state index contributed by atoms with van der Waals surface area (Å²) in [5.41, 5.74) is 0.303. The van der Waals surface area contributed by atoms with Crippen molar-refractivity contribution in [3.63, 3.8) is 0 Å². The fourth-order valence-electron chi connectivity index (χ4n) is 4.51. The molecule has 0 spiro atoms. The van der Waals surface area contributed by atoms with E-state index in [4.69, 9.17) is 4.74 Å². The Labute approximate surface area is 140 Å². The quantitative estimate of drug-likeness (QED) is 0.487. The summed E-state index contributed by atoms with van der Waals surface area (Å²) in [5.74, 6) is -0.603. The third-order valence-electron chi connectivity index (χ3n) is 5.75. The lowest BCUT2D eigenvalue weighted by Gasteiger charge is -2.28. The zero-order valence-corrected chi connectivity index (χ0v) is 13.7. The number of nitrogens with zero attached hydrogens (tertiary/aromatic N) is 1. The number of esters is 1. The van der Waals surface area contributed by atoms with Crippen LogP contribution in [0.4, 0.5) is 5.69 Å². The van der Waals surface area contributed by atoms with E-state index in [0.717, 1.165) is 6.42 Å². The predicted molar refractivity (Wildman–Crippen MR) is 87.2 cm³/mol. The van der Waals surface area contributed by atoms with Gasteiger partial charge in [0, 0.05) is 0 Å². The average Bonchev–Trinajstić information content (AvgIpc) is 3.20. The number of ether oxygens (including phenoxy) is 1. The van der Waals surface area contributed by atoms with Crippen molar-refractivity contribution in [1.82, 2.24) is 0 Å². The van der Waals surface area contributed by atoms with Crippen molar-refractivity contribution in [3.05, 3.63) is 42.0 Å². The summed E-state index contributed by atoms with van der Waals surface area (Å²) >= 11 is 0. The van der Waals surface area contributed by atoms with Crippen LogP contribution in [-0.2, 0) is 14.3 Å². The molecule has 2 aliphatic carbocycles. The van der Waals surface area contributed by atoms with Crippen LogP contribution in [0.3, 0.4) is 0 Å². The predicted octanol–water partition coefficient (Wildman–Crippen LogP) is 2.56. The number of hydrogen-bond acceptors (Lipinski definition) is 4. The van der Waals surface area contributed by atoms with Crippen LogP contribution < -0.4 is 4.90 Å². The molecule has 1 heterocycles. The molecule has 3 aliphatic rings. The van der Waals surface area contributed by atoms with Gasteiger partial charge in [-0.1, -0.05) is 12.2 Å². The molecule has 2 amide bonds. The molecule has 4 atom stereocenters. The molecule has 124 valence electrons. The first-order chi connectivity index (χ1) is 11.5. The molecule has 1 aliphatic heterocycles. The maximum atomic E-state index is 13.0. The van der Waals surface area contributed by atoms with E-state index in [9.17, 15) is 14.4 Å². The van der Waals surface area contributed by atoms with Crippen molar-refractivity contribution in [1.29, 1.82) is 0 Å². The summed E-state index contributed by atoms with van der Waals surface area (Å²) in [6.07, 6.45) is 5.06. The Morgan fingerprint density at radius 1 is 1.25 bits per heavy atom. The number of imide groups is 1. The van der Waals surface area contributed by atoms with Crippen LogP contribution in [0.15, 0.2) is 36.4 Å². The van der Waals surface area contributed by atoms with Crippen molar-refractivity contribution < 1.29 is 19.1 Å². The van der Waals surface area contributed by atoms with Crippen LogP contribution in [0.1, 0.15) is 30.6 Å². The van der Waals surface area contributed by atoms with Crippen molar-refractivity contribution in [2.75, 3.05) is 11.5 Å². The molecule has 1 saturated heterocycles. The normalized spacial score (nSPS) is 33.2. The van der Waals surface area contributed by atoms with E-state index in [1.807, 2.05) is 6.92 Å². The minimum absolute atomic E-state index is 0.122. The monoisotopic (exact) mass is 325 g/mol. The van der Waals surface area contributed by atoms with Gasteiger partial charge in [-0.15, -0.1) is 0 Å². The summed E-state index contributed by atoms with van der Waals surface area (Å²) < 4.78 is 4.95. The third-order valence-corrected chi connectivity index (χ3v) is 5.75. The van der Waals surface area contributed by atoms with Gasteiger partial charge < -0.3 is 4.74 Å². The van der Waals surface area contributed by atoms with Gasteiger partial charge >= 0.3 is 5.97 Å². The van der Waals surface area contributed by atoms with Gasteiger partial charge in [0.15, 0.2) is 0 Å². The third kappa shape index (κ3) is 1.78. The molecule has 2 bridgehead atoms. The molecule has 4 unspecified atom stereocenters. The lowest BCUT2D eigenvalue weighted by atomic mass is 9.71. The number of hydrogen-bond donors (Lipinski definition) is 0. The van der Waals surface area contributed by atoms with Gasteiger partial charge in [0.25, 0.3) is 0 Å². The number of carbonyl (C=O) groups excluding carboxylic acids is 3. The number of amides is 2. The van der Waals surface area contributed by atoms with Crippen LogP contribution in [0.2, 0.25) is 0 Å². The fraction of sp³-hybridized carbons (Fsp3) is 0.421. The van der Waals surface area contributed by atoms with Crippen LogP contribution in [0, 0.1) is 23.2 Å². The zero-order chi connectivity index (χ0) is 17.1. The van der Waals surface area contributed by atoms with Gasteiger partial charge in [-0.25, -0.2) is 9.69 Å². The van der Waals surface area contributed by atoms with E-state index in [-0.39, 0.29) is 29.6 Å². The smallest absolute Gasteiger partial charge is 0.338 e. The van der Waals surface area contributed by atoms with Gasteiger partial charge in [0.1, 0.15) is 0 Å². The largest absolute Gasteiger partial charge is 0.462 e. The molecule has 2 fully saturated rings. The van der Waals surface area contributed by atoms with E-state index < -0.39 is 11.4 Å². The number of anilines is 1. The summed E-state index contributed by atoms with van der Waals surface area (Å²) in [6, 6.07) is 6.47. The minimum Gasteiger partial charge on any atom is -0.462 e. The summed E-state index contributed by atoms with van der Waals surface area (Å²) in [6.45, 7) is 3.97. The van der Waals surface area contributed by atoms with E-state index in [1.165, 1.54) is 4.90 Å². The number of allylic oxidation sites excluding steroid dienone is 2. The maximum absolute atomic E-state index is 13.0. The highest BCUT2D eigenvalue weighted by Gasteiger charge is 2.67. The van der Waals surface area contributed by atoms with E-state index >= 15 is 0 Å². The molecule has 1 aromatic rings. The molecule has 4 rings (SSSR count). The molecular weight excluding hydrogens is 306 g/mol. The molecule has 24 heavy (non-hydrogen) atoms. The molecule has 5 nitrogen and oxygen atoms in total. The average molecular weight is 325 g/mol. The Morgan fingerprint density at radius 2 is 1.96 bits per heavy atom. The van der Waals surface area contributed by atoms with Crippen molar-refractivity contribution >= 4 is 23.5 Å². The Kier molecular flexibility index (Phi) is 3.17. The van der Waals surface area contributed by atoms with E-state index in [2.05, 4.69) is 12.2 Å². The van der Waals surface area contributed by atoms with E-state index in [1.54, 1.807) is 31.2 Å². The highest BCUT2D eigenvalue weighted by Crippen LogP contribution is 2.60. The highest BCUT2D eigenvalue weighted by atomic mass is 16.5. The Balaban J connectivity index is 1.65. The second-order valence-corrected chi connectivity index (χ2v) is 6.90. The highest BCUT2D eigenvalue weighted by molar-refractivity contribution is 6.24. The van der Waals surface area contributed by atoms with Gasteiger partial charge in [-0.05, 0) is 56.4 Å². The van der Waals surface area contributed by atoms with Crippen LogP contribution in [0.5, 0.6) is 0 Å². The fourth-order valence-corrected chi connectivity index (χ4v) is 4.51. The molecule has 0 N–H and O–H groups in total. The van der Waals surface area contributed by atoms with Crippen molar-refractivity contribution in [2.24, 2.45) is 23.2 Å².